The number of likely N-dealkylation sites (tertiary alicyclic amines) is 1. The Morgan fingerprint density at radius 2 is 1.64 bits per heavy atom. The number of phenolic OH excluding ortho intramolecular Hbond substituents is 1. The van der Waals surface area contributed by atoms with Gasteiger partial charge >= 0.3 is 0 Å². The van der Waals surface area contributed by atoms with Crippen molar-refractivity contribution < 1.29 is 9.84 Å². The first-order valence-electron chi connectivity index (χ1n) is 12.8. The predicted molar refractivity (Wildman–Crippen MR) is 146 cm³/mol. The van der Waals surface area contributed by atoms with Crippen LogP contribution in [-0.2, 0) is 6.42 Å². The third-order valence-electron chi connectivity index (χ3n) is 7.33. The van der Waals surface area contributed by atoms with Gasteiger partial charge < -0.3 is 14.8 Å². The molecule has 0 amide bonds. The molecule has 2 heterocycles. The van der Waals surface area contributed by atoms with Crippen LogP contribution in [0.25, 0.3) is 32.4 Å². The van der Waals surface area contributed by atoms with Gasteiger partial charge in [-0.1, -0.05) is 18.6 Å². The average Bonchev–Trinajstić information content (AvgIpc) is 2.90. The first kappa shape index (κ1) is 22.6. The number of benzene rings is 4. The summed E-state index contributed by atoms with van der Waals surface area (Å²) in [6.07, 6.45) is 6.55. The van der Waals surface area contributed by atoms with Crippen molar-refractivity contribution in [1.29, 1.82) is 0 Å². The molecule has 36 heavy (non-hydrogen) atoms. The van der Waals surface area contributed by atoms with Crippen molar-refractivity contribution in [1.82, 2.24) is 9.88 Å². The van der Waals surface area contributed by atoms with Crippen molar-refractivity contribution in [3.05, 3.63) is 94.3 Å². The molecule has 0 atom stereocenters. The number of piperidine rings is 1. The zero-order chi connectivity index (χ0) is 24.5. The molecule has 0 radical (unpaired) electrons. The molecular weight excluding hydrogens is 448 g/mol. The molecular formula is C31H30N2O3. The number of ether oxygens (including phenoxy) is 1. The van der Waals surface area contributed by atoms with Crippen LogP contribution in [0.4, 0.5) is 0 Å². The van der Waals surface area contributed by atoms with E-state index in [-0.39, 0.29) is 11.2 Å². The average molecular weight is 479 g/mol. The molecule has 1 fully saturated rings. The zero-order valence-corrected chi connectivity index (χ0v) is 20.3. The molecule has 4 aromatic carbocycles. The topological polar surface area (TPSA) is 65.6 Å². The van der Waals surface area contributed by atoms with Gasteiger partial charge in [-0.15, -0.1) is 0 Å². The molecule has 0 aliphatic carbocycles. The Morgan fingerprint density at radius 3 is 2.47 bits per heavy atom. The lowest BCUT2D eigenvalue weighted by Crippen LogP contribution is -2.33. The molecule has 6 rings (SSSR count). The molecule has 5 aromatic rings. The first-order chi connectivity index (χ1) is 17.6. The standard InChI is InChI=1S/C31H30N2O3/c34-24-6-10-27-23(17-24)20-32-31-28-11-7-25(35)19-29(28)22(18-30(27)31)16-21-4-8-26(9-5-21)36-15-14-33-12-2-1-3-13-33/h4-11,17-20,32,34H,1-3,12-16H2. The van der Waals surface area contributed by atoms with Crippen molar-refractivity contribution in [2.24, 2.45) is 0 Å². The molecule has 5 nitrogen and oxygen atoms in total. The van der Waals surface area contributed by atoms with Crippen molar-refractivity contribution >= 4 is 32.4 Å². The number of pyridine rings is 1. The number of H-pyrrole nitrogens is 1. The minimum Gasteiger partial charge on any atom is -0.508 e. The second-order valence-electron chi connectivity index (χ2n) is 9.80. The second kappa shape index (κ2) is 9.67. The summed E-state index contributed by atoms with van der Waals surface area (Å²) in [5, 5.41) is 15.0. The van der Waals surface area contributed by atoms with Crippen LogP contribution < -0.4 is 10.2 Å². The van der Waals surface area contributed by atoms with Crippen LogP contribution in [0.2, 0.25) is 0 Å². The molecule has 1 aromatic heterocycles. The molecule has 182 valence electrons. The number of phenols is 1. The van der Waals surface area contributed by atoms with Gasteiger partial charge in [0.05, 0.1) is 5.52 Å². The highest BCUT2D eigenvalue weighted by Gasteiger charge is 2.12. The van der Waals surface area contributed by atoms with Gasteiger partial charge in [0.15, 0.2) is 5.43 Å². The number of aromatic amines is 1. The van der Waals surface area contributed by atoms with E-state index in [1.165, 1.54) is 32.4 Å². The maximum atomic E-state index is 12.3. The fourth-order valence-corrected chi connectivity index (χ4v) is 5.45. The Hall–Kier alpha value is -3.83. The molecule has 0 saturated carbocycles. The van der Waals surface area contributed by atoms with E-state index in [1.807, 2.05) is 30.5 Å². The third kappa shape index (κ3) is 4.54. The summed E-state index contributed by atoms with van der Waals surface area (Å²) >= 11 is 0. The van der Waals surface area contributed by atoms with Crippen LogP contribution in [-0.4, -0.2) is 41.2 Å². The number of nitrogens with one attached hydrogen (secondary N) is 1. The highest BCUT2D eigenvalue weighted by atomic mass is 16.5. The Labute approximate surface area is 209 Å². The van der Waals surface area contributed by atoms with Crippen LogP contribution >= 0.6 is 0 Å². The number of aromatic nitrogens is 1. The Bertz CT molecular complexity index is 1600. The van der Waals surface area contributed by atoms with Gasteiger partial charge in [0.2, 0.25) is 0 Å². The smallest absolute Gasteiger partial charge is 0.179 e. The summed E-state index contributed by atoms with van der Waals surface area (Å²) < 4.78 is 6.01. The lowest BCUT2D eigenvalue weighted by atomic mass is 9.93. The Kier molecular flexibility index (Phi) is 6.08. The number of aromatic hydroxyl groups is 1. The molecule has 0 spiro atoms. The molecule has 1 saturated heterocycles. The van der Waals surface area contributed by atoms with E-state index in [1.54, 1.807) is 24.3 Å². The first-order valence-corrected chi connectivity index (χ1v) is 12.8. The van der Waals surface area contributed by atoms with Crippen LogP contribution in [0.1, 0.15) is 30.4 Å². The van der Waals surface area contributed by atoms with Crippen molar-refractivity contribution in [3.8, 4) is 11.5 Å². The van der Waals surface area contributed by atoms with Crippen LogP contribution in [0, 0.1) is 0 Å². The van der Waals surface area contributed by atoms with E-state index in [0.717, 1.165) is 55.9 Å². The molecule has 5 heteroatoms. The van der Waals surface area contributed by atoms with Gasteiger partial charge in [-0.05, 0) is 109 Å². The predicted octanol–water partition coefficient (Wildman–Crippen LogP) is 6.00. The van der Waals surface area contributed by atoms with Gasteiger partial charge in [-0.3, -0.25) is 9.69 Å². The Balaban J connectivity index is 1.30. The quantitative estimate of drug-likeness (QED) is 0.294. The number of fused-ring (bicyclic) bond motifs is 5. The zero-order valence-electron chi connectivity index (χ0n) is 20.3. The summed E-state index contributed by atoms with van der Waals surface area (Å²) in [6, 6.07) is 21.2. The van der Waals surface area contributed by atoms with Crippen LogP contribution in [0.3, 0.4) is 0 Å². The van der Waals surface area contributed by atoms with Gasteiger partial charge in [0.25, 0.3) is 0 Å². The number of hydrogen-bond acceptors (Lipinski definition) is 4. The minimum atomic E-state index is 0.00580. The molecule has 0 unspecified atom stereocenters. The lowest BCUT2D eigenvalue weighted by Gasteiger charge is -2.26. The summed E-state index contributed by atoms with van der Waals surface area (Å²) in [5.74, 6) is 1.13. The highest BCUT2D eigenvalue weighted by molar-refractivity contribution is 6.16. The lowest BCUT2D eigenvalue weighted by molar-refractivity contribution is 0.183. The molecule has 0 bridgehead atoms. The van der Waals surface area contributed by atoms with E-state index < -0.39 is 0 Å². The van der Waals surface area contributed by atoms with E-state index in [4.69, 9.17) is 4.74 Å². The van der Waals surface area contributed by atoms with Crippen molar-refractivity contribution in [2.45, 2.75) is 25.7 Å². The largest absolute Gasteiger partial charge is 0.508 e. The van der Waals surface area contributed by atoms with E-state index in [2.05, 4.69) is 28.1 Å². The summed E-state index contributed by atoms with van der Waals surface area (Å²) in [7, 11) is 0. The van der Waals surface area contributed by atoms with Crippen molar-refractivity contribution in [2.75, 3.05) is 26.2 Å². The van der Waals surface area contributed by atoms with Gasteiger partial charge in [0, 0.05) is 28.9 Å². The normalized spacial score (nSPS) is 14.6. The third-order valence-corrected chi connectivity index (χ3v) is 7.33. The van der Waals surface area contributed by atoms with Gasteiger partial charge in [-0.25, -0.2) is 0 Å². The molecule has 2 N–H and O–H groups in total. The molecule has 1 aliphatic heterocycles. The monoisotopic (exact) mass is 478 g/mol. The number of nitrogens with zero attached hydrogens (tertiary/aromatic N) is 1. The maximum absolute atomic E-state index is 12.3. The SMILES string of the molecule is O=c1ccc2c(c1)c(Cc1ccc(OCCN3CCCCC3)cc1)cc1c3ccc(O)cc3c[nH]c21. The van der Waals surface area contributed by atoms with E-state index in [9.17, 15) is 9.90 Å². The summed E-state index contributed by atoms with van der Waals surface area (Å²) in [6.45, 7) is 4.05. The molecule has 1 aliphatic rings. The fraction of sp³-hybridized carbons (Fsp3) is 0.258. The van der Waals surface area contributed by atoms with Crippen LogP contribution in [0.5, 0.6) is 11.5 Å². The highest BCUT2D eigenvalue weighted by Crippen LogP contribution is 2.33. The number of hydrogen-bond donors (Lipinski definition) is 2. The van der Waals surface area contributed by atoms with Crippen molar-refractivity contribution in [3.63, 3.8) is 0 Å². The minimum absolute atomic E-state index is 0.00580. The van der Waals surface area contributed by atoms with Gasteiger partial charge in [0.1, 0.15) is 18.1 Å². The summed E-state index contributed by atoms with van der Waals surface area (Å²) in [4.78, 5) is 18.1. The summed E-state index contributed by atoms with van der Waals surface area (Å²) in [5.41, 5.74) is 3.26. The Morgan fingerprint density at radius 1 is 0.833 bits per heavy atom. The van der Waals surface area contributed by atoms with Gasteiger partial charge in [-0.2, -0.15) is 0 Å². The fourth-order valence-electron chi connectivity index (χ4n) is 5.45. The van der Waals surface area contributed by atoms with E-state index in [0.29, 0.717) is 13.0 Å². The van der Waals surface area contributed by atoms with E-state index >= 15 is 0 Å². The van der Waals surface area contributed by atoms with Crippen LogP contribution in [0.15, 0.2) is 77.7 Å². The maximum Gasteiger partial charge on any atom is 0.179 e. The number of rotatable bonds is 6. The second-order valence-corrected chi connectivity index (χ2v) is 9.80.